The average molecular weight is 244 g/mol. The predicted molar refractivity (Wildman–Crippen MR) is 70.2 cm³/mol. The fraction of sp³-hybridized carbons (Fsp3) is 1.00. The van der Waals surface area contributed by atoms with Crippen molar-refractivity contribution in [2.45, 2.75) is 44.4 Å². The highest BCUT2D eigenvalue weighted by molar-refractivity contribution is 7.99. The third kappa shape index (κ3) is 3.13. The lowest BCUT2D eigenvalue weighted by Crippen LogP contribution is -2.49. The molecule has 2 saturated heterocycles. The minimum atomic E-state index is 0.196. The molecule has 0 aromatic rings. The maximum Gasteiger partial charge on any atom is 0.0726 e. The summed E-state index contributed by atoms with van der Waals surface area (Å²) in [7, 11) is 0. The van der Waals surface area contributed by atoms with Crippen LogP contribution in [0.2, 0.25) is 0 Å². The summed E-state index contributed by atoms with van der Waals surface area (Å²) < 4.78 is 5.63. The van der Waals surface area contributed by atoms with Gasteiger partial charge < -0.3 is 15.4 Å². The maximum atomic E-state index is 5.63. The number of thioether (sulfide) groups is 1. The number of nitrogens with one attached hydrogen (secondary N) is 2. The van der Waals surface area contributed by atoms with E-state index in [0.29, 0.717) is 12.1 Å². The van der Waals surface area contributed by atoms with Crippen LogP contribution in [0.5, 0.6) is 0 Å². The number of hydrogen-bond acceptors (Lipinski definition) is 4. The molecule has 2 fully saturated rings. The quantitative estimate of drug-likeness (QED) is 0.779. The van der Waals surface area contributed by atoms with E-state index in [-0.39, 0.29) is 5.54 Å². The minimum absolute atomic E-state index is 0.196. The van der Waals surface area contributed by atoms with E-state index in [1.807, 2.05) is 0 Å². The highest BCUT2D eigenvalue weighted by atomic mass is 32.2. The molecule has 2 heterocycles. The average Bonchev–Trinajstić information content (AvgIpc) is 2.61. The Hall–Kier alpha value is 0.230. The Morgan fingerprint density at radius 1 is 1.56 bits per heavy atom. The topological polar surface area (TPSA) is 33.3 Å². The van der Waals surface area contributed by atoms with Crippen molar-refractivity contribution in [1.29, 1.82) is 0 Å². The van der Waals surface area contributed by atoms with Crippen LogP contribution in [0.3, 0.4) is 0 Å². The van der Waals surface area contributed by atoms with Crippen molar-refractivity contribution in [1.82, 2.24) is 10.6 Å². The van der Waals surface area contributed by atoms with E-state index in [0.717, 1.165) is 19.6 Å². The van der Waals surface area contributed by atoms with Crippen LogP contribution >= 0.6 is 11.8 Å². The molecule has 16 heavy (non-hydrogen) atoms. The van der Waals surface area contributed by atoms with Gasteiger partial charge in [-0.1, -0.05) is 0 Å². The Kier molecular flexibility index (Phi) is 4.53. The number of hydrogen-bond donors (Lipinski definition) is 2. The monoisotopic (exact) mass is 244 g/mol. The Balaban J connectivity index is 1.66. The van der Waals surface area contributed by atoms with Crippen molar-refractivity contribution < 1.29 is 4.74 Å². The molecular weight excluding hydrogens is 220 g/mol. The molecule has 0 aromatic carbocycles. The zero-order chi connectivity index (χ0) is 11.4. The molecule has 0 aliphatic carbocycles. The van der Waals surface area contributed by atoms with Crippen LogP contribution in [-0.4, -0.2) is 48.9 Å². The van der Waals surface area contributed by atoms with Gasteiger partial charge in [-0.2, -0.15) is 11.8 Å². The molecule has 0 saturated carbocycles. The SMILES string of the molecule is CC1OCCC1(C)NCCC1CSCCN1. The van der Waals surface area contributed by atoms with Gasteiger partial charge in [-0.3, -0.25) is 0 Å². The highest BCUT2D eigenvalue weighted by Gasteiger charge is 2.36. The Morgan fingerprint density at radius 2 is 2.44 bits per heavy atom. The molecular formula is C12H24N2OS. The molecule has 2 aliphatic heterocycles. The van der Waals surface area contributed by atoms with Crippen LogP contribution in [0.4, 0.5) is 0 Å². The number of ether oxygens (including phenoxy) is 1. The Morgan fingerprint density at radius 3 is 3.06 bits per heavy atom. The van der Waals surface area contributed by atoms with E-state index in [9.17, 15) is 0 Å². The summed E-state index contributed by atoms with van der Waals surface area (Å²) >= 11 is 2.07. The van der Waals surface area contributed by atoms with Gasteiger partial charge in [0.15, 0.2) is 0 Å². The van der Waals surface area contributed by atoms with Gasteiger partial charge in [-0.05, 0) is 33.2 Å². The second-order valence-electron chi connectivity index (χ2n) is 5.12. The third-order valence-corrected chi connectivity index (χ3v) is 5.04. The summed E-state index contributed by atoms with van der Waals surface area (Å²) in [5.74, 6) is 2.54. The molecule has 94 valence electrons. The van der Waals surface area contributed by atoms with E-state index in [1.165, 1.54) is 24.5 Å². The molecule has 0 aromatic heterocycles. The van der Waals surface area contributed by atoms with E-state index in [4.69, 9.17) is 4.74 Å². The van der Waals surface area contributed by atoms with Gasteiger partial charge in [-0.25, -0.2) is 0 Å². The standard InChI is InChI=1S/C12H24N2OS/c1-10-12(2,4-7-15-10)14-5-3-11-9-16-8-6-13-11/h10-11,13-14H,3-9H2,1-2H3. The molecule has 3 atom stereocenters. The van der Waals surface area contributed by atoms with Gasteiger partial charge in [0.1, 0.15) is 0 Å². The Bertz CT molecular complexity index is 221. The van der Waals surface area contributed by atoms with Gasteiger partial charge in [0.2, 0.25) is 0 Å². The molecule has 4 heteroatoms. The van der Waals surface area contributed by atoms with Crippen LogP contribution in [0, 0.1) is 0 Å². The van der Waals surface area contributed by atoms with Gasteiger partial charge in [0.05, 0.1) is 6.10 Å². The fourth-order valence-electron chi connectivity index (χ4n) is 2.40. The van der Waals surface area contributed by atoms with Crippen LogP contribution < -0.4 is 10.6 Å². The molecule has 2 N–H and O–H groups in total. The smallest absolute Gasteiger partial charge is 0.0726 e. The van der Waals surface area contributed by atoms with Gasteiger partial charge >= 0.3 is 0 Å². The van der Waals surface area contributed by atoms with Crippen LogP contribution in [0.1, 0.15) is 26.7 Å². The summed E-state index contributed by atoms with van der Waals surface area (Å²) in [6, 6.07) is 0.701. The summed E-state index contributed by atoms with van der Waals surface area (Å²) in [5.41, 5.74) is 0.196. The molecule has 3 unspecified atom stereocenters. The molecule has 0 spiro atoms. The first-order valence-electron chi connectivity index (χ1n) is 6.38. The first kappa shape index (κ1) is 12.7. The van der Waals surface area contributed by atoms with Crippen LogP contribution in [0.15, 0.2) is 0 Å². The van der Waals surface area contributed by atoms with Crippen molar-refractivity contribution in [2.24, 2.45) is 0 Å². The first-order chi connectivity index (χ1) is 7.71. The summed E-state index contributed by atoms with van der Waals surface area (Å²) in [4.78, 5) is 0. The van der Waals surface area contributed by atoms with E-state index >= 15 is 0 Å². The zero-order valence-electron chi connectivity index (χ0n) is 10.4. The van der Waals surface area contributed by atoms with Crippen LogP contribution in [0.25, 0.3) is 0 Å². The lowest BCUT2D eigenvalue weighted by Gasteiger charge is -2.30. The summed E-state index contributed by atoms with van der Waals surface area (Å²) in [6.45, 7) is 7.64. The molecule has 3 nitrogen and oxygen atoms in total. The second kappa shape index (κ2) is 5.71. The predicted octanol–water partition coefficient (Wildman–Crippen LogP) is 1.24. The van der Waals surface area contributed by atoms with Gasteiger partial charge in [0.25, 0.3) is 0 Å². The molecule has 2 rings (SSSR count). The van der Waals surface area contributed by atoms with E-state index < -0.39 is 0 Å². The van der Waals surface area contributed by atoms with Crippen molar-refractivity contribution in [3.8, 4) is 0 Å². The normalized spacial score (nSPS) is 40.1. The van der Waals surface area contributed by atoms with Gasteiger partial charge in [0, 0.05) is 36.2 Å². The van der Waals surface area contributed by atoms with Crippen molar-refractivity contribution >= 4 is 11.8 Å². The maximum absolute atomic E-state index is 5.63. The first-order valence-corrected chi connectivity index (χ1v) is 7.54. The summed E-state index contributed by atoms with van der Waals surface area (Å²) in [6.07, 6.45) is 2.72. The third-order valence-electron chi connectivity index (χ3n) is 3.91. The van der Waals surface area contributed by atoms with E-state index in [1.54, 1.807) is 0 Å². The highest BCUT2D eigenvalue weighted by Crippen LogP contribution is 2.25. The lowest BCUT2D eigenvalue weighted by atomic mass is 9.94. The second-order valence-corrected chi connectivity index (χ2v) is 6.27. The minimum Gasteiger partial charge on any atom is -0.377 e. The molecule has 0 amide bonds. The zero-order valence-corrected chi connectivity index (χ0v) is 11.2. The van der Waals surface area contributed by atoms with Crippen molar-refractivity contribution in [3.05, 3.63) is 0 Å². The van der Waals surface area contributed by atoms with Crippen molar-refractivity contribution in [2.75, 3.05) is 31.2 Å². The lowest BCUT2D eigenvalue weighted by molar-refractivity contribution is 0.0885. The molecule has 0 radical (unpaired) electrons. The molecule has 2 aliphatic rings. The fourth-order valence-corrected chi connectivity index (χ4v) is 3.40. The Labute approximate surface area is 103 Å². The van der Waals surface area contributed by atoms with E-state index in [2.05, 4.69) is 36.2 Å². The van der Waals surface area contributed by atoms with Crippen molar-refractivity contribution in [3.63, 3.8) is 0 Å². The molecule has 0 bridgehead atoms. The van der Waals surface area contributed by atoms with Gasteiger partial charge in [-0.15, -0.1) is 0 Å². The number of rotatable bonds is 4. The largest absolute Gasteiger partial charge is 0.377 e. The summed E-state index contributed by atoms with van der Waals surface area (Å²) in [5, 5.41) is 7.26. The van der Waals surface area contributed by atoms with Crippen LogP contribution in [-0.2, 0) is 4.74 Å².